The lowest BCUT2D eigenvalue weighted by Gasteiger charge is -2.12. The average molecular weight is 264 g/mol. The van der Waals surface area contributed by atoms with Gasteiger partial charge in [-0.15, -0.1) is 0 Å². The van der Waals surface area contributed by atoms with E-state index in [-0.39, 0.29) is 11.9 Å². The van der Waals surface area contributed by atoms with Crippen LogP contribution < -0.4 is 16.4 Å². The predicted octanol–water partition coefficient (Wildman–Crippen LogP) is 0.578. The summed E-state index contributed by atoms with van der Waals surface area (Å²) in [5, 5.41) is 5.38. The molecule has 1 aromatic rings. The molecule has 4 N–H and O–H groups in total. The zero-order chi connectivity index (χ0) is 14.4. The molecule has 0 saturated heterocycles. The molecule has 0 aliphatic carbocycles. The number of hydrogen-bond acceptors (Lipinski definition) is 3. The number of benzene rings is 1. The van der Waals surface area contributed by atoms with Crippen molar-refractivity contribution in [2.75, 3.05) is 32.9 Å². The smallest absolute Gasteiger partial charge is 0.316 e. The van der Waals surface area contributed by atoms with Gasteiger partial charge in [0.2, 0.25) is 0 Å². The molecule has 6 nitrogen and oxygen atoms in total. The first-order chi connectivity index (χ1) is 8.90. The minimum Gasteiger partial charge on any atom is -0.399 e. The van der Waals surface area contributed by atoms with Crippen LogP contribution in [0.1, 0.15) is 15.9 Å². The standard InChI is InChI=1S/C13H20N4O2/c1-9-6-10(8-11(14)7-9)12(18)15-4-5-16-13(19)17(2)3/h6-8H,4-5,14H2,1-3H3,(H,15,18)(H,16,19). The van der Waals surface area contributed by atoms with E-state index in [0.29, 0.717) is 24.3 Å². The highest BCUT2D eigenvalue weighted by atomic mass is 16.2. The van der Waals surface area contributed by atoms with E-state index in [9.17, 15) is 9.59 Å². The summed E-state index contributed by atoms with van der Waals surface area (Å²) in [5.41, 5.74) is 7.70. The van der Waals surface area contributed by atoms with Crippen LogP contribution in [-0.2, 0) is 0 Å². The fourth-order valence-corrected chi connectivity index (χ4v) is 1.55. The summed E-state index contributed by atoms with van der Waals surface area (Å²) in [7, 11) is 3.31. The van der Waals surface area contributed by atoms with Gasteiger partial charge < -0.3 is 21.3 Å². The van der Waals surface area contributed by atoms with Gasteiger partial charge in [-0.25, -0.2) is 4.79 Å². The van der Waals surface area contributed by atoms with Crippen molar-refractivity contribution in [1.82, 2.24) is 15.5 Å². The Morgan fingerprint density at radius 3 is 2.37 bits per heavy atom. The van der Waals surface area contributed by atoms with Crippen molar-refractivity contribution in [3.05, 3.63) is 29.3 Å². The summed E-state index contributed by atoms with van der Waals surface area (Å²) in [4.78, 5) is 24.5. The van der Waals surface area contributed by atoms with Crippen LogP contribution in [0.15, 0.2) is 18.2 Å². The Bertz CT molecular complexity index is 451. The molecule has 0 saturated carbocycles. The largest absolute Gasteiger partial charge is 0.399 e. The number of nitrogen functional groups attached to an aromatic ring is 1. The van der Waals surface area contributed by atoms with Crippen LogP contribution >= 0.6 is 0 Å². The number of nitrogens with zero attached hydrogens (tertiary/aromatic N) is 1. The zero-order valence-electron chi connectivity index (χ0n) is 11.5. The van der Waals surface area contributed by atoms with Crippen LogP contribution in [0.5, 0.6) is 0 Å². The number of hydrogen-bond donors (Lipinski definition) is 3. The fourth-order valence-electron chi connectivity index (χ4n) is 1.55. The summed E-state index contributed by atoms with van der Waals surface area (Å²) < 4.78 is 0. The molecule has 3 amide bonds. The molecule has 0 atom stereocenters. The lowest BCUT2D eigenvalue weighted by atomic mass is 10.1. The lowest BCUT2D eigenvalue weighted by molar-refractivity contribution is 0.0953. The van der Waals surface area contributed by atoms with Gasteiger partial charge in [0.1, 0.15) is 0 Å². The van der Waals surface area contributed by atoms with Gasteiger partial charge in [-0.05, 0) is 30.7 Å². The second kappa shape index (κ2) is 6.63. The first-order valence-electron chi connectivity index (χ1n) is 6.00. The van der Waals surface area contributed by atoms with Crippen molar-refractivity contribution < 1.29 is 9.59 Å². The third-order valence-corrected chi connectivity index (χ3v) is 2.45. The quantitative estimate of drug-likeness (QED) is 0.549. The van der Waals surface area contributed by atoms with Crippen LogP contribution in [0, 0.1) is 6.92 Å². The number of urea groups is 1. The van der Waals surface area contributed by atoms with E-state index in [1.807, 2.05) is 6.92 Å². The van der Waals surface area contributed by atoms with Gasteiger partial charge in [0.15, 0.2) is 0 Å². The fraction of sp³-hybridized carbons (Fsp3) is 0.385. The highest BCUT2D eigenvalue weighted by Gasteiger charge is 2.07. The molecule has 0 aliphatic heterocycles. The van der Waals surface area contributed by atoms with Gasteiger partial charge in [-0.3, -0.25) is 4.79 Å². The van der Waals surface area contributed by atoms with E-state index in [2.05, 4.69) is 10.6 Å². The highest BCUT2D eigenvalue weighted by Crippen LogP contribution is 2.10. The molecule has 104 valence electrons. The summed E-state index contributed by atoms with van der Waals surface area (Å²) in [6, 6.07) is 5.01. The number of carbonyl (C=O) groups excluding carboxylic acids is 2. The third kappa shape index (κ3) is 4.87. The molecule has 0 heterocycles. The van der Waals surface area contributed by atoms with Crippen LogP contribution in [-0.4, -0.2) is 44.0 Å². The van der Waals surface area contributed by atoms with Gasteiger partial charge in [0, 0.05) is 38.4 Å². The maximum absolute atomic E-state index is 11.8. The molecule has 0 aromatic heterocycles. The summed E-state index contributed by atoms with van der Waals surface area (Å²) in [5.74, 6) is -0.200. The average Bonchev–Trinajstić information content (AvgIpc) is 2.32. The molecule has 6 heteroatoms. The number of nitrogens with two attached hydrogens (primary N) is 1. The van der Waals surface area contributed by atoms with E-state index in [0.717, 1.165) is 5.56 Å². The molecule has 0 radical (unpaired) electrons. The van der Waals surface area contributed by atoms with Crippen molar-refractivity contribution in [2.45, 2.75) is 6.92 Å². The normalized spacial score (nSPS) is 9.84. The molecule has 0 unspecified atom stereocenters. The van der Waals surface area contributed by atoms with Gasteiger partial charge in [0.25, 0.3) is 5.91 Å². The number of rotatable bonds is 4. The van der Waals surface area contributed by atoms with Crippen molar-refractivity contribution in [3.8, 4) is 0 Å². The number of anilines is 1. The Labute approximate surface area is 113 Å². The van der Waals surface area contributed by atoms with Crippen LogP contribution in [0.4, 0.5) is 10.5 Å². The van der Waals surface area contributed by atoms with Crippen LogP contribution in [0.25, 0.3) is 0 Å². The van der Waals surface area contributed by atoms with E-state index in [1.165, 1.54) is 4.90 Å². The Kier molecular flexibility index (Phi) is 5.17. The van der Waals surface area contributed by atoms with E-state index in [1.54, 1.807) is 32.3 Å². The Balaban J connectivity index is 2.41. The first-order valence-corrected chi connectivity index (χ1v) is 6.00. The Morgan fingerprint density at radius 1 is 1.16 bits per heavy atom. The summed E-state index contributed by atoms with van der Waals surface area (Å²) >= 11 is 0. The van der Waals surface area contributed by atoms with E-state index in [4.69, 9.17) is 5.73 Å². The van der Waals surface area contributed by atoms with E-state index < -0.39 is 0 Å². The molecular formula is C13H20N4O2. The number of amides is 3. The third-order valence-electron chi connectivity index (χ3n) is 2.45. The van der Waals surface area contributed by atoms with Crippen molar-refractivity contribution in [2.24, 2.45) is 0 Å². The monoisotopic (exact) mass is 264 g/mol. The van der Waals surface area contributed by atoms with Crippen LogP contribution in [0.3, 0.4) is 0 Å². The molecule has 0 bridgehead atoms. The topological polar surface area (TPSA) is 87.5 Å². The van der Waals surface area contributed by atoms with Crippen molar-refractivity contribution >= 4 is 17.6 Å². The summed E-state index contributed by atoms with van der Waals surface area (Å²) in [6.07, 6.45) is 0. The number of nitrogens with one attached hydrogen (secondary N) is 2. The lowest BCUT2D eigenvalue weighted by Crippen LogP contribution is -2.39. The maximum Gasteiger partial charge on any atom is 0.316 e. The second-order valence-electron chi connectivity index (χ2n) is 4.51. The molecule has 0 aliphatic rings. The van der Waals surface area contributed by atoms with Gasteiger partial charge in [-0.2, -0.15) is 0 Å². The molecule has 1 rings (SSSR count). The Morgan fingerprint density at radius 2 is 1.79 bits per heavy atom. The predicted molar refractivity (Wildman–Crippen MR) is 75.0 cm³/mol. The molecular weight excluding hydrogens is 244 g/mol. The van der Waals surface area contributed by atoms with Crippen LogP contribution in [0.2, 0.25) is 0 Å². The molecule has 19 heavy (non-hydrogen) atoms. The SMILES string of the molecule is Cc1cc(N)cc(C(=O)NCCNC(=O)N(C)C)c1. The highest BCUT2D eigenvalue weighted by molar-refractivity contribution is 5.95. The van der Waals surface area contributed by atoms with E-state index >= 15 is 0 Å². The second-order valence-corrected chi connectivity index (χ2v) is 4.51. The minimum absolute atomic E-state index is 0.186. The zero-order valence-corrected chi connectivity index (χ0v) is 11.5. The number of carbonyl (C=O) groups is 2. The van der Waals surface area contributed by atoms with Crippen molar-refractivity contribution in [1.29, 1.82) is 0 Å². The maximum atomic E-state index is 11.8. The molecule has 0 spiro atoms. The molecule has 1 aromatic carbocycles. The number of aryl methyl sites for hydroxylation is 1. The summed E-state index contributed by atoms with van der Waals surface area (Å²) in [6.45, 7) is 2.63. The Hall–Kier alpha value is -2.24. The van der Waals surface area contributed by atoms with Gasteiger partial charge in [-0.1, -0.05) is 0 Å². The first kappa shape index (κ1) is 14.8. The van der Waals surface area contributed by atoms with Crippen molar-refractivity contribution in [3.63, 3.8) is 0 Å². The van der Waals surface area contributed by atoms with Gasteiger partial charge >= 0.3 is 6.03 Å². The minimum atomic E-state index is -0.200. The van der Waals surface area contributed by atoms with Gasteiger partial charge in [0.05, 0.1) is 0 Å². The molecule has 0 fully saturated rings.